The molecule has 1 aromatic rings. The molecule has 6 heteroatoms. The van der Waals surface area contributed by atoms with Crippen molar-refractivity contribution in [3.8, 4) is 0 Å². The summed E-state index contributed by atoms with van der Waals surface area (Å²) in [5.41, 5.74) is 0.296. The maximum absolute atomic E-state index is 11.2. The molecule has 1 aromatic heterocycles. The van der Waals surface area contributed by atoms with Crippen LogP contribution in [-0.4, -0.2) is 36.2 Å². The first-order chi connectivity index (χ1) is 7.11. The zero-order valence-corrected chi connectivity index (χ0v) is 8.77. The lowest BCUT2D eigenvalue weighted by Crippen LogP contribution is -2.08. The van der Waals surface area contributed by atoms with Gasteiger partial charge in [0.15, 0.2) is 16.1 Å². The molecule has 0 amide bonds. The molecule has 1 fully saturated rings. The third-order valence-corrected chi connectivity index (χ3v) is 4.18. The average Bonchev–Trinajstić information content (AvgIpc) is 2.59. The van der Waals surface area contributed by atoms with Gasteiger partial charge in [-0.25, -0.2) is 18.4 Å². The highest BCUT2D eigenvalue weighted by molar-refractivity contribution is 7.91. The van der Waals surface area contributed by atoms with E-state index in [0.717, 1.165) is 0 Å². The molecule has 2 heterocycles. The Hall–Kier alpha value is -1.30. The van der Waals surface area contributed by atoms with Gasteiger partial charge in [-0.15, -0.1) is 0 Å². The van der Waals surface area contributed by atoms with Gasteiger partial charge in [0.1, 0.15) is 11.5 Å². The molecule has 2 rings (SSSR count). The predicted octanol–water partition coefficient (Wildman–Crippen LogP) is 0.191. The molecule has 1 aliphatic rings. The van der Waals surface area contributed by atoms with Crippen LogP contribution in [-0.2, 0) is 9.84 Å². The lowest BCUT2D eigenvalue weighted by molar-refractivity contribution is 0.111. The lowest BCUT2D eigenvalue weighted by atomic mass is 10.1. The third-order valence-electron chi connectivity index (χ3n) is 2.41. The Morgan fingerprint density at radius 2 is 2.27 bits per heavy atom. The Balaban J connectivity index is 2.27. The van der Waals surface area contributed by atoms with Crippen LogP contribution in [0.1, 0.15) is 28.7 Å². The molecule has 0 aliphatic carbocycles. The Kier molecular flexibility index (Phi) is 2.52. The van der Waals surface area contributed by atoms with Crippen LogP contribution in [0.4, 0.5) is 0 Å². The van der Waals surface area contributed by atoms with Crippen LogP contribution < -0.4 is 0 Å². The Labute approximate surface area is 87.5 Å². The van der Waals surface area contributed by atoms with Gasteiger partial charge >= 0.3 is 0 Å². The van der Waals surface area contributed by atoms with Crippen molar-refractivity contribution in [2.45, 2.75) is 12.3 Å². The number of rotatable bonds is 2. The monoisotopic (exact) mass is 226 g/mol. The van der Waals surface area contributed by atoms with E-state index in [9.17, 15) is 13.2 Å². The summed E-state index contributed by atoms with van der Waals surface area (Å²) in [5, 5.41) is 0. The fraction of sp³-hybridized carbons (Fsp3) is 0.444. The van der Waals surface area contributed by atoms with E-state index in [-0.39, 0.29) is 17.4 Å². The first-order valence-corrected chi connectivity index (χ1v) is 6.41. The molecule has 0 N–H and O–H groups in total. The first kappa shape index (κ1) is 10.2. The van der Waals surface area contributed by atoms with Crippen LogP contribution in [0, 0.1) is 0 Å². The van der Waals surface area contributed by atoms with Crippen LogP contribution in [0.5, 0.6) is 0 Å². The normalized spacial score (nSPS) is 23.9. The van der Waals surface area contributed by atoms with Crippen LogP contribution in [0.25, 0.3) is 0 Å². The molecule has 0 spiro atoms. The maximum atomic E-state index is 11.2. The Morgan fingerprint density at radius 1 is 1.47 bits per heavy atom. The summed E-state index contributed by atoms with van der Waals surface area (Å²) in [6.07, 6.45) is 2.66. The van der Waals surface area contributed by atoms with Crippen molar-refractivity contribution in [2.24, 2.45) is 0 Å². The predicted molar refractivity (Wildman–Crippen MR) is 53.4 cm³/mol. The second-order valence-corrected chi connectivity index (χ2v) is 5.79. The Morgan fingerprint density at radius 3 is 2.87 bits per heavy atom. The number of carbonyl (C=O) groups is 1. The van der Waals surface area contributed by atoms with Gasteiger partial charge in [-0.1, -0.05) is 0 Å². The first-order valence-electron chi connectivity index (χ1n) is 4.59. The van der Waals surface area contributed by atoms with Crippen LogP contribution in [0.2, 0.25) is 0 Å². The molecule has 5 nitrogen and oxygen atoms in total. The molecule has 80 valence electrons. The molecular formula is C9H10N2O3S. The number of sulfone groups is 1. The fourth-order valence-corrected chi connectivity index (χ4v) is 3.39. The second kappa shape index (κ2) is 3.69. The number of carbonyl (C=O) groups excluding carboxylic acids is 1. The largest absolute Gasteiger partial charge is 0.296 e. The lowest BCUT2D eigenvalue weighted by Gasteiger charge is -2.04. The number of nitrogens with zero attached hydrogens (tertiary/aromatic N) is 2. The molecule has 1 saturated heterocycles. The summed E-state index contributed by atoms with van der Waals surface area (Å²) < 4.78 is 22.5. The molecule has 0 saturated carbocycles. The summed E-state index contributed by atoms with van der Waals surface area (Å²) in [7, 11) is -2.93. The fourth-order valence-electron chi connectivity index (χ4n) is 1.65. The zero-order valence-electron chi connectivity index (χ0n) is 7.96. The van der Waals surface area contributed by atoms with Gasteiger partial charge in [-0.3, -0.25) is 4.79 Å². The Bertz CT molecular complexity index is 484. The highest BCUT2D eigenvalue weighted by Gasteiger charge is 2.30. The standard InChI is InChI=1S/C9H10N2O3S/c12-5-8-1-3-10-9(11-8)7-2-4-15(13,14)6-7/h1,3,5,7H,2,4,6H2. The van der Waals surface area contributed by atoms with Crippen molar-refractivity contribution < 1.29 is 13.2 Å². The molecular weight excluding hydrogens is 216 g/mol. The van der Waals surface area contributed by atoms with E-state index in [1.807, 2.05) is 0 Å². The zero-order chi connectivity index (χ0) is 10.9. The topological polar surface area (TPSA) is 77.0 Å². The number of aromatic nitrogens is 2. The summed E-state index contributed by atoms with van der Waals surface area (Å²) >= 11 is 0. The molecule has 15 heavy (non-hydrogen) atoms. The number of hydrogen-bond acceptors (Lipinski definition) is 5. The van der Waals surface area contributed by atoms with Gasteiger partial charge in [0.05, 0.1) is 11.5 Å². The van der Waals surface area contributed by atoms with Gasteiger partial charge in [0.2, 0.25) is 0 Å². The number of hydrogen-bond donors (Lipinski definition) is 0. The van der Waals surface area contributed by atoms with Crippen molar-refractivity contribution in [1.82, 2.24) is 9.97 Å². The SMILES string of the molecule is O=Cc1ccnc(C2CCS(=O)(=O)C2)n1. The van der Waals surface area contributed by atoms with Crippen LogP contribution >= 0.6 is 0 Å². The van der Waals surface area contributed by atoms with Gasteiger partial charge in [-0.2, -0.15) is 0 Å². The summed E-state index contributed by atoms with van der Waals surface area (Å²) in [6, 6.07) is 1.50. The molecule has 1 atom stereocenters. The van der Waals surface area contributed by atoms with E-state index in [2.05, 4.69) is 9.97 Å². The van der Waals surface area contributed by atoms with E-state index in [0.29, 0.717) is 24.2 Å². The molecule has 1 aliphatic heterocycles. The minimum Gasteiger partial charge on any atom is -0.296 e. The second-order valence-electron chi connectivity index (χ2n) is 3.56. The molecule has 0 radical (unpaired) electrons. The van der Waals surface area contributed by atoms with E-state index in [1.165, 1.54) is 12.3 Å². The highest BCUT2D eigenvalue weighted by atomic mass is 32.2. The highest BCUT2D eigenvalue weighted by Crippen LogP contribution is 2.25. The van der Waals surface area contributed by atoms with E-state index in [4.69, 9.17) is 0 Å². The van der Waals surface area contributed by atoms with Gasteiger partial charge in [-0.05, 0) is 12.5 Å². The molecule has 0 bridgehead atoms. The third kappa shape index (κ3) is 2.20. The van der Waals surface area contributed by atoms with Crippen LogP contribution in [0.3, 0.4) is 0 Å². The van der Waals surface area contributed by atoms with Crippen LogP contribution in [0.15, 0.2) is 12.3 Å². The smallest absolute Gasteiger partial charge is 0.168 e. The molecule has 1 unspecified atom stereocenters. The summed E-state index contributed by atoms with van der Waals surface area (Å²) in [6.45, 7) is 0. The van der Waals surface area contributed by atoms with Crippen molar-refractivity contribution in [1.29, 1.82) is 0 Å². The van der Waals surface area contributed by atoms with Gasteiger partial charge < -0.3 is 0 Å². The van der Waals surface area contributed by atoms with E-state index in [1.54, 1.807) is 0 Å². The van der Waals surface area contributed by atoms with Gasteiger partial charge in [0, 0.05) is 12.1 Å². The average molecular weight is 226 g/mol. The quantitative estimate of drug-likeness (QED) is 0.673. The maximum Gasteiger partial charge on any atom is 0.168 e. The molecule has 0 aromatic carbocycles. The van der Waals surface area contributed by atoms with Crippen molar-refractivity contribution in [3.63, 3.8) is 0 Å². The van der Waals surface area contributed by atoms with E-state index >= 15 is 0 Å². The summed E-state index contributed by atoms with van der Waals surface area (Å²) in [4.78, 5) is 18.5. The minimum absolute atomic E-state index is 0.0926. The van der Waals surface area contributed by atoms with Gasteiger partial charge in [0.25, 0.3) is 0 Å². The van der Waals surface area contributed by atoms with Crippen molar-refractivity contribution in [2.75, 3.05) is 11.5 Å². The van der Waals surface area contributed by atoms with Crippen molar-refractivity contribution in [3.05, 3.63) is 23.8 Å². The number of aldehydes is 1. The minimum atomic E-state index is -2.93. The van der Waals surface area contributed by atoms with Crippen molar-refractivity contribution >= 4 is 16.1 Å². The van der Waals surface area contributed by atoms with E-state index < -0.39 is 9.84 Å². The summed E-state index contributed by atoms with van der Waals surface area (Å²) in [5.74, 6) is 0.581.